The maximum absolute atomic E-state index is 12.6. The molecule has 1 N–H and O–H groups in total. The third-order valence-electron chi connectivity index (χ3n) is 3.15. The number of ether oxygens (including phenoxy) is 1. The van der Waals surface area contributed by atoms with Crippen LogP contribution in [0.2, 0.25) is 0 Å². The Kier molecular flexibility index (Phi) is 4.81. The minimum Gasteiger partial charge on any atom is -0.374 e. The fraction of sp³-hybridized carbons (Fsp3) is 0.538. The fourth-order valence-corrected chi connectivity index (χ4v) is 2.01. The Morgan fingerprint density at radius 3 is 3.16 bits per heavy atom. The summed E-state index contributed by atoms with van der Waals surface area (Å²) in [5.74, 6) is -0.851. The van der Waals surface area contributed by atoms with Gasteiger partial charge in [-0.15, -0.1) is 0 Å². The van der Waals surface area contributed by atoms with Gasteiger partial charge in [0.1, 0.15) is 0 Å². The summed E-state index contributed by atoms with van der Waals surface area (Å²) < 4.78 is 18.2. The molecule has 2 heterocycles. The van der Waals surface area contributed by atoms with E-state index in [1.807, 2.05) is 0 Å². The molecule has 0 saturated carbocycles. The molecular weight excluding hydrogens is 249 g/mol. The van der Waals surface area contributed by atoms with E-state index < -0.39 is 5.95 Å². The lowest BCUT2D eigenvalue weighted by Crippen LogP contribution is -2.47. The molecule has 1 saturated heterocycles. The van der Waals surface area contributed by atoms with Gasteiger partial charge in [-0.2, -0.15) is 4.39 Å². The Labute approximate surface area is 111 Å². The summed E-state index contributed by atoms with van der Waals surface area (Å²) in [6.45, 7) is 5.97. The van der Waals surface area contributed by atoms with Gasteiger partial charge >= 0.3 is 0 Å². The van der Waals surface area contributed by atoms with E-state index in [0.717, 1.165) is 19.6 Å². The maximum atomic E-state index is 12.6. The molecule has 1 unspecified atom stereocenters. The lowest BCUT2D eigenvalue weighted by molar-refractivity contribution is -0.0246. The smallest absolute Gasteiger partial charge is 0.252 e. The summed E-state index contributed by atoms with van der Waals surface area (Å²) in [5, 5.41) is 2.78. The zero-order chi connectivity index (χ0) is 13.7. The number of hydrogen-bond acceptors (Lipinski definition) is 4. The number of likely N-dealkylation sites (N-methyl/N-ethyl adjacent to an activating group) is 1. The van der Waals surface area contributed by atoms with Crippen LogP contribution in [0.4, 0.5) is 4.39 Å². The van der Waals surface area contributed by atoms with Crippen LogP contribution in [0.3, 0.4) is 0 Å². The Balaban J connectivity index is 1.81. The van der Waals surface area contributed by atoms with Crippen molar-refractivity contribution in [1.82, 2.24) is 15.2 Å². The number of carbonyl (C=O) groups excluding carboxylic acids is 1. The molecule has 1 amide bonds. The molecule has 1 aromatic heterocycles. The molecule has 1 atom stereocenters. The molecule has 5 nitrogen and oxygen atoms in total. The van der Waals surface area contributed by atoms with Gasteiger partial charge in [0, 0.05) is 25.8 Å². The Bertz CT molecular complexity index is 424. The Morgan fingerprint density at radius 2 is 2.47 bits per heavy atom. The lowest BCUT2D eigenvalue weighted by Gasteiger charge is -2.32. The van der Waals surface area contributed by atoms with Gasteiger partial charge in [0.25, 0.3) is 5.91 Å². The first kappa shape index (κ1) is 13.9. The van der Waals surface area contributed by atoms with Crippen molar-refractivity contribution in [2.24, 2.45) is 0 Å². The standard InChI is InChI=1S/C13H18FN3O2/c1-2-17-5-6-19-11(9-17)8-16-13(18)10-3-4-12(14)15-7-10/h3-4,7,11H,2,5-6,8-9H2,1H3,(H,16,18). The second-order valence-electron chi connectivity index (χ2n) is 4.47. The minimum absolute atomic E-state index is 0.00561. The highest BCUT2D eigenvalue weighted by Gasteiger charge is 2.19. The van der Waals surface area contributed by atoms with Crippen molar-refractivity contribution < 1.29 is 13.9 Å². The molecule has 1 aliphatic rings. The molecule has 104 valence electrons. The Morgan fingerprint density at radius 1 is 1.63 bits per heavy atom. The number of pyridine rings is 1. The van der Waals surface area contributed by atoms with Crippen molar-refractivity contribution in [3.05, 3.63) is 29.8 Å². The van der Waals surface area contributed by atoms with Crippen LogP contribution in [-0.4, -0.2) is 54.7 Å². The molecule has 1 aromatic rings. The summed E-state index contributed by atoms with van der Waals surface area (Å²) in [4.78, 5) is 17.5. The highest BCUT2D eigenvalue weighted by Crippen LogP contribution is 2.04. The second-order valence-corrected chi connectivity index (χ2v) is 4.47. The van der Waals surface area contributed by atoms with Gasteiger partial charge in [0.2, 0.25) is 5.95 Å². The average Bonchev–Trinajstić information content (AvgIpc) is 2.46. The molecule has 0 aliphatic carbocycles. The zero-order valence-corrected chi connectivity index (χ0v) is 10.9. The lowest BCUT2D eigenvalue weighted by atomic mass is 10.2. The van der Waals surface area contributed by atoms with Crippen molar-refractivity contribution in [1.29, 1.82) is 0 Å². The minimum atomic E-state index is -0.592. The molecule has 1 fully saturated rings. The SMILES string of the molecule is CCN1CCOC(CNC(=O)c2ccc(F)nc2)C1. The average molecular weight is 267 g/mol. The monoisotopic (exact) mass is 267 g/mol. The van der Waals surface area contributed by atoms with Gasteiger partial charge in [0.05, 0.1) is 18.3 Å². The molecule has 6 heteroatoms. The number of hydrogen-bond donors (Lipinski definition) is 1. The summed E-state index contributed by atoms with van der Waals surface area (Å²) in [7, 11) is 0. The predicted octanol–water partition coefficient (Wildman–Crippen LogP) is 0.671. The van der Waals surface area contributed by atoms with E-state index in [4.69, 9.17) is 4.74 Å². The number of rotatable bonds is 4. The number of nitrogens with zero attached hydrogens (tertiary/aromatic N) is 2. The van der Waals surface area contributed by atoms with E-state index in [0.29, 0.717) is 18.7 Å². The van der Waals surface area contributed by atoms with Crippen LogP contribution < -0.4 is 5.32 Å². The predicted molar refractivity (Wildman–Crippen MR) is 68.4 cm³/mol. The van der Waals surface area contributed by atoms with Gasteiger partial charge in [-0.1, -0.05) is 6.92 Å². The van der Waals surface area contributed by atoms with Crippen LogP contribution in [0, 0.1) is 5.95 Å². The van der Waals surface area contributed by atoms with Gasteiger partial charge < -0.3 is 10.1 Å². The van der Waals surface area contributed by atoms with Crippen LogP contribution in [0.15, 0.2) is 18.3 Å². The number of carbonyl (C=O) groups is 1. The van der Waals surface area contributed by atoms with Gasteiger partial charge in [-0.25, -0.2) is 4.98 Å². The van der Waals surface area contributed by atoms with E-state index in [1.54, 1.807) is 0 Å². The summed E-state index contributed by atoms with van der Waals surface area (Å²) in [6, 6.07) is 2.59. The molecule has 0 radical (unpaired) electrons. The summed E-state index contributed by atoms with van der Waals surface area (Å²) >= 11 is 0. The van der Waals surface area contributed by atoms with Crippen molar-refractivity contribution in [3.8, 4) is 0 Å². The number of nitrogens with one attached hydrogen (secondary N) is 1. The van der Waals surface area contributed by atoms with E-state index in [9.17, 15) is 9.18 Å². The van der Waals surface area contributed by atoms with Crippen LogP contribution in [0.25, 0.3) is 0 Å². The van der Waals surface area contributed by atoms with Crippen molar-refractivity contribution in [2.45, 2.75) is 13.0 Å². The van der Waals surface area contributed by atoms with Crippen LogP contribution >= 0.6 is 0 Å². The van der Waals surface area contributed by atoms with Crippen molar-refractivity contribution >= 4 is 5.91 Å². The molecule has 1 aliphatic heterocycles. The summed E-state index contributed by atoms with van der Waals surface area (Å²) in [5.41, 5.74) is 0.351. The third-order valence-corrected chi connectivity index (χ3v) is 3.15. The van der Waals surface area contributed by atoms with Crippen LogP contribution in [0.1, 0.15) is 17.3 Å². The van der Waals surface area contributed by atoms with E-state index in [-0.39, 0.29) is 12.0 Å². The third kappa shape index (κ3) is 3.97. The number of morpholine rings is 1. The number of amides is 1. The first-order valence-corrected chi connectivity index (χ1v) is 6.42. The molecule has 2 rings (SSSR count). The van der Waals surface area contributed by atoms with Crippen LogP contribution in [-0.2, 0) is 4.74 Å². The highest BCUT2D eigenvalue weighted by molar-refractivity contribution is 5.93. The van der Waals surface area contributed by atoms with Crippen LogP contribution in [0.5, 0.6) is 0 Å². The molecule has 0 aromatic carbocycles. The quantitative estimate of drug-likeness (QED) is 0.815. The van der Waals surface area contributed by atoms with Crippen molar-refractivity contribution in [2.75, 3.05) is 32.8 Å². The zero-order valence-electron chi connectivity index (χ0n) is 10.9. The van der Waals surface area contributed by atoms with Gasteiger partial charge in [-0.3, -0.25) is 9.69 Å². The normalized spacial score (nSPS) is 20.2. The van der Waals surface area contributed by atoms with Gasteiger partial charge in [0.15, 0.2) is 0 Å². The first-order chi connectivity index (χ1) is 9.19. The summed E-state index contributed by atoms with van der Waals surface area (Å²) in [6.07, 6.45) is 1.23. The number of halogens is 1. The molecule has 0 spiro atoms. The largest absolute Gasteiger partial charge is 0.374 e. The fourth-order valence-electron chi connectivity index (χ4n) is 2.01. The van der Waals surface area contributed by atoms with E-state index in [2.05, 4.69) is 22.1 Å². The first-order valence-electron chi connectivity index (χ1n) is 6.42. The maximum Gasteiger partial charge on any atom is 0.252 e. The molecule has 19 heavy (non-hydrogen) atoms. The topological polar surface area (TPSA) is 54.5 Å². The second kappa shape index (κ2) is 6.58. The highest BCUT2D eigenvalue weighted by atomic mass is 19.1. The van der Waals surface area contributed by atoms with E-state index in [1.165, 1.54) is 18.3 Å². The Hall–Kier alpha value is -1.53. The molecular formula is C13H18FN3O2. The molecule has 0 bridgehead atoms. The van der Waals surface area contributed by atoms with E-state index >= 15 is 0 Å². The van der Waals surface area contributed by atoms with Gasteiger partial charge in [-0.05, 0) is 18.7 Å². The number of aromatic nitrogens is 1. The van der Waals surface area contributed by atoms with Crippen molar-refractivity contribution in [3.63, 3.8) is 0 Å².